The lowest BCUT2D eigenvalue weighted by Gasteiger charge is -2.16. The standard InChI is InChI=1S/C6H11F2NS/c7-6(8)4-10-3-5(6)1-2-9/h5H,1-4,9H2. The number of alkyl halides is 2. The average molecular weight is 167 g/mol. The third-order valence-corrected chi connectivity index (χ3v) is 2.95. The smallest absolute Gasteiger partial charge is 0.260 e. The molecule has 0 aliphatic carbocycles. The first kappa shape index (κ1) is 8.27. The van der Waals surface area contributed by atoms with Gasteiger partial charge in [-0.15, -0.1) is 0 Å². The molecule has 2 N–H and O–H groups in total. The number of hydrogen-bond donors (Lipinski definition) is 1. The van der Waals surface area contributed by atoms with Crippen LogP contribution in [0.15, 0.2) is 0 Å². The summed E-state index contributed by atoms with van der Waals surface area (Å²) in [6, 6.07) is 0. The first-order chi connectivity index (χ1) is 4.67. The van der Waals surface area contributed by atoms with Gasteiger partial charge in [0.15, 0.2) is 0 Å². The van der Waals surface area contributed by atoms with Crippen LogP contribution in [0.5, 0.6) is 0 Å². The molecular weight excluding hydrogens is 156 g/mol. The van der Waals surface area contributed by atoms with Gasteiger partial charge in [0.05, 0.1) is 5.75 Å². The predicted molar refractivity (Wildman–Crippen MR) is 39.4 cm³/mol. The van der Waals surface area contributed by atoms with Crippen LogP contribution < -0.4 is 5.73 Å². The van der Waals surface area contributed by atoms with E-state index in [0.717, 1.165) is 0 Å². The molecule has 0 saturated carbocycles. The van der Waals surface area contributed by atoms with Gasteiger partial charge in [0, 0.05) is 11.7 Å². The minimum Gasteiger partial charge on any atom is -0.330 e. The molecule has 1 aliphatic rings. The summed E-state index contributed by atoms with van der Waals surface area (Å²) < 4.78 is 25.4. The summed E-state index contributed by atoms with van der Waals surface area (Å²) in [7, 11) is 0. The van der Waals surface area contributed by atoms with Crippen LogP contribution in [0.3, 0.4) is 0 Å². The highest BCUT2D eigenvalue weighted by Crippen LogP contribution is 2.39. The molecule has 0 aromatic heterocycles. The fourth-order valence-corrected chi connectivity index (χ4v) is 2.39. The van der Waals surface area contributed by atoms with Crippen LogP contribution in [0.4, 0.5) is 8.78 Å². The number of rotatable bonds is 2. The summed E-state index contributed by atoms with van der Waals surface area (Å²) in [5.74, 6) is -2.37. The van der Waals surface area contributed by atoms with Gasteiger partial charge in [-0.05, 0) is 13.0 Å². The first-order valence-corrected chi connectivity index (χ1v) is 4.48. The van der Waals surface area contributed by atoms with E-state index in [2.05, 4.69) is 0 Å². The van der Waals surface area contributed by atoms with Crippen molar-refractivity contribution in [2.24, 2.45) is 11.7 Å². The predicted octanol–water partition coefficient (Wildman–Crippen LogP) is 1.33. The fourth-order valence-electron chi connectivity index (χ4n) is 1.07. The topological polar surface area (TPSA) is 26.0 Å². The zero-order valence-corrected chi connectivity index (χ0v) is 6.46. The molecule has 1 heterocycles. The van der Waals surface area contributed by atoms with Crippen molar-refractivity contribution in [2.45, 2.75) is 12.3 Å². The van der Waals surface area contributed by atoms with Crippen LogP contribution in [0.1, 0.15) is 6.42 Å². The van der Waals surface area contributed by atoms with Gasteiger partial charge < -0.3 is 5.73 Å². The second-order valence-electron chi connectivity index (χ2n) is 2.55. The Morgan fingerprint density at radius 3 is 2.70 bits per heavy atom. The molecule has 1 saturated heterocycles. The maximum Gasteiger partial charge on any atom is 0.260 e. The Labute approximate surface area is 63.4 Å². The van der Waals surface area contributed by atoms with E-state index in [1.54, 1.807) is 0 Å². The summed E-state index contributed by atoms with van der Waals surface area (Å²) in [5.41, 5.74) is 5.19. The molecule has 1 fully saturated rings. The van der Waals surface area contributed by atoms with E-state index in [9.17, 15) is 8.78 Å². The Kier molecular flexibility index (Phi) is 2.52. The van der Waals surface area contributed by atoms with Gasteiger partial charge in [-0.3, -0.25) is 0 Å². The van der Waals surface area contributed by atoms with E-state index in [1.165, 1.54) is 11.8 Å². The monoisotopic (exact) mass is 167 g/mol. The third-order valence-electron chi connectivity index (χ3n) is 1.73. The van der Waals surface area contributed by atoms with Crippen molar-refractivity contribution in [3.63, 3.8) is 0 Å². The molecule has 1 rings (SSSR count). The quantitative estimate of drug-likeness (QED) is 0.671. The Morgan fingerprint density at radius 1 is 1.60 bits per heavy atom. The number of thioether (sulfide) groups is 1. The molecule has 0 bridgehead atoms. The van der Waals surface area contributed by atoms with E-state index in [0.29, 0.717) is 18.7 Å². The van der Waals surface area contributed by atoms with Crippen molar-refractivity contribution in [3.05, 3.63) is 0 Å². The minimum absolute atomic E-state index is 0.0162. The van der Waals surface area contributed by atoms with Crippen LogP contribution in [-0.2, 0) is 0 Å². The van der Waals surface area contributed by atoms with Gasteiger partial charge in [0.1, 0.15) is 0 Å². The highest BCUT2D eigenvalue weighted by molar-refractivity contribution is 7.99. The lowest BCUT2D eigenvalue weighted by molar-refractivity contribution is -0.0200. The maximum absolute atomic E-state index is 12.7. The minimum atomic E-state index is -2.45. The molecule has 4 heteroatoms. The largest absolute Gasteiger partial charge is 0.330 e. The van der Waals surface area contributed by atoms with Crippen LogP contribution in [0.25, 0.3) is 0 Å². The summed E-state index contributed by atoms with van der Waals surface area (Å²) in [4.78, 5) is 0. The highest BCUT2D eigenvalue weighted by atomic mass is 32.2. The van der Waals surface area contributed by atoms with Gasteiger partial charge in [-0.25, -0.2) is 8.78 Å². The van der Waals surface area contributed by atoms with Gasteiger partial charge in [0.25, 0.3) is 5.92 Å². The average Bonchev–Trinajstić information content (AvgIpc) is 2.13. The Morgan fingerprint density at radius 2 is 2.30 bits per heavy atom. The van der Waals surface area contributed by atoms with Crippen molar-refractivity contribution >= 4 is 11.8 Å². The molecule has 10 heavy (non-hydrogen) atoms. The van der Waals surface area contributed by atoms with Gasteiger partial charge >= 0.3 is 0 Å². The van der Waals surface area contributed by atoms with Crippen LogP contribution in [0.2, 0.25) is 0 Å². The third kappa shape index (κ3) is 1.61. The van der Waals surface area contributed by atoms with Crippen molar-refractivity contribution < 1.29 is 8.78 Å². The Bertz CT molecular complexity index is 118. The molecule has 0 spiro atoms. The first-order valence-electron chi connectivity index (χ1n) is 3.32. The van der Waals surface area contributed by atoms with Crippen LogP contribution in [0, 0.1) is 5.92 Å². The van der Waals surface area contributed by atoms with Crippen LogP contribution in [-0.4, -0.2) is 24.0 Å². The maximum atomic E-state index is 12.7. The number of halogens is 2. The van der Waals surface area contributed by atoms with E-state index < -0.39 is 11.8 Å². The van der Waals surface area contributed by atoms with Crippen molar-refractivity contribution in [3.8, 4) is 0 Å². The molecule has 1 nitrogen and oxygen atoms in total. The molecule has 0 aromatic rings. The molecular formula is C6H11F2NS. The van der Waals surface area contributed by atoms with E-state index in [4.69, 9.17) is 5.73 Å². The molecule has 1 atom stereocenters. The second-order valence-corrected chi connectivity index (χ2v) is 3.58. The lowest BCUT2D eigenvalue weighted by atomic mass is 10.0. The van der Waals surface area contributed by atoms with Crippen LogP contribution >= 0.6 is 11.8 Å². The molecule has 0 radical (unpaired) electrons. The summed E-state index contributed by atoms with van der Waals surface area (Å²) in [6.45, 7) is 0.376. The summed E-state index contributed by atoms with van der Waals surface area (Å²) >= 11 is 1.32. The van der Waals surface area contributed by atoms with Gasteiger partial charge in [-0.1, -0.05) is 0 Å². The Balaban J connectivity index is 2.43. The molecule has 0 amide bonds. The molecule has 0 aromatic carbocycles. The van der Waals surface area contributed by atoms with E-state index in [1.807, 2.05) is 0 Å². The summed E-state index contributed by atoms with van der Waals surface area (Å²) in [5, 5.41) is 0. The van der Waals surface area contributed by atoms with Crippen molar-refractivity contribution in [1.29, 1.82) is 0 Å². The molecule has 1 aliphatic heterocycles. The molecule has 1 unspecified atom stereocenters. The molecule has 60 valence electrons. The lowest BCUT2D eigenvalue weighted by Crippen LogP contribution is -2.28. The van der Waals surface area contributed by atoms with Gasteiger partial charge in [0.2, 0.25) is 0 Å². The highest BCUT2D eigenvalue weighted by Gasteiger charge is 2.43. The van der Waals surface area contributed by atoms with Crippen molar-refractivity contribution in [1.82, 2.24) is 0 Å². The van der Waals surface area contributed by atoms with Crippen molar-refractivity contribution in [2.75, 3.05) is 18.1 Å². The summed E-state index contributed by atoms with van der Waals surface area (Å²) in [6.07, 6.45) is 0.458. The van der Waals surface area contributed by atoms with Gasteiger partial charge in [-0.2, -0.15) is 11.8 Å². The SMILES string of the molecule is NCCC1CSCC1(F)F. The second kappa shape index (κ2) is 3.05. The zero-order valence-electron chi connectivity index (χ0n) is 5.65. The number of nitrogens with two attached hydrogens (primary N) is 1. The van der Waals surface area contributed by atoms with E-state index in [-0.39, 0.29) is 5.75 Å². The van der Waals surface area contributed by atoms with E-state index >= 15 is 0 Å². The zero-order chi connectivity index (χ0) is 7.61. The Hall–Kier alpha value is 0.170. The normalized spacial score (nSPS) is 30.9. The fraction of sp³-hybridized carbons (Fsp3) is 1.00. The number of hydrogen-bond acceptors (Lipinski definition) is 2.